The van der Waals surface area contributed by atoms with Gasteiger partial charge in [0.05, 0.1) is 42.9 Å². The number of phenols is 1. The van der Waals surface area contributed by atoms with Gasteiger partial charge in [0, 0.05) is 48.2 Å². The molecule has 0 radical (unpaired) electrons. The van der Waals surface area contributed by atoms with Crippen LogP contribution in [-0.4, -0.2) is 65.1 Å². The number of likely N-dealkylation sites (tertiary alicyclic amines) is 1. The molecule has 1 saturated heterocycles. The van der Waals surface area contributed by atoms with E-state index in [4.69, 9.17) is 10.5 Å². The van der Waals surface area contributed by atoms with Crippen molar-refractivity contribution in [3.05, 3.63) is 28.8 Å². The maximum Gasteiger partial charge on any atom is 0.252 e. The number of piperidine rings is 1. The van der Waals surface area contributed by atoms with Crippen LogP contribution in [0.2, 0.25) is 0 Å². The monoisotopic (exact) mass is 504 g/mol. The molecule has 5 aliphatic carbocycles. The molecule has 6 atom stereocenters. The van der Waals surface area contributed by atoms with Gasteiger partial charge < -0.3 is 37.6 Å². The van der Waals surface area contributed by atoms with Gasteiger partial charge in [-0.25, -0.2) is 0 Å². The molecule has 4 N–H and O–H groups in total. The first-order chi connectivity index (χ1) is 15.9. The van der Waals surface area contributed by atoms with Crippen molar-refractivity contribution in [3.63, 3.8) is 0 Å². The molecule has 1 aliphatic heterocycles. The maximum atomic E-state index is 12.2. The van der Waals surface area contributed by atoms with E-state index in [1.807, 2.05) is 13.8 Å². The Bertz CT molecular complexity index is 1070. The number of ether oxygens (including phenoxy) is 1. The number of primary amides is 1. The van der Waals surface area contributed by atoms with Gasteiger partial charge in [-0.05, 0) is 64.0 Å². The van der Waals surface area contributed by atoms with E-state index in [0.29, 0.717) is 6.04 Å². The Hall–Kier alpha value is -1.34. The van der Waals surface area contributed by atoms with Crippen molar-refractivity contribution in [2.24, 2.45) is 23.0 Å². The van der Waals surface area contributed by atoms with Crippen LogP contribution >= 0.6 is 0 Å². The fourth-order valence-electron chi connectivity index (χ4n) is 9.69. The molecule has 194 valence electrons. The van der Waals surface area contributed by atoms with Crippen LogP contribution in [0.5, 0.6) is 5.75 Å². The second kappa shape index (κ2) is 7.59. The first kappa shape index (κ1) is 25.3. The number of amides is 1. The molecule has 6 nitrogen and oxygen atoms in total. The standard InChI is InChI=1S/C28H40N2O4.ClH/c1-25(2,33)20-14-26-9-10-28(20,34-4)16-27(26)11-12-30(3,15-17-5-6-17)21(26)13-18-7-8-19(24(29)32)23(31)22(18)27;/h7-8,17,20-21,33H,5-6,9-16H2,1-4H3,(H2-,29,31,32);1H/t20-,21?,26?,27?,28?,30+;/m1./s1. The minimum absolute atomic E-state index is 0. The SMILES string of the molecule is COC12CCC3(C[C@@H]1C(C)(C)O)C1Cc4ccc(C(N)=O)c(O)c4C3(CC[N@@+]1(C)CC1CC1)C2.[Cl-]. The van der Waals surface area contributed by atoms with Gasteiger partial charge in [-0.1, -0.05) is 6.07 Å². The lowest BCUT2D eigenvalue weighted by molar-refractivity contribution is -0.952. The fraction of sp³-hybridized carbons (Fsp3) is 0.750. The molecule has 7 heteroatoms. The summed E-state index contributed by atoms with van der Waals surface area (Å²) in [5.41, 5.74) is 6.47. The number of quaternary nitrogens is 1. The molecule has 1 amide bonds. The van der Waals surface area contributed by atoms with Gasteiger partial charge in [0.15, 0.2) is 0 Å². The van der Waals surface area contributed by atoms with Crippen LogP contribution in [0.1, 0.15) is 80.3 Å². The minimum atomic E-state index is -0.851. The van der Waals surface area contributed by atoms with Gasteiger partial charge >= 0.3 is 0 Å². The number of nitrogens with zero attached hydrogens (tertiary/aromatic N) is 1. The van der Waals surface area contributed by atoms with Crippen molar-refractivity contribution in [2.75, 3.05) is 27.2 Å². The number of hydrogen-bond donors (Lipinski definition) is 3. The van der Waals surface area contributed by atoms with E-state index in [9.17, 15) is 15.0 Å². The average Bonchev–Trinajstić information content (AvgIpc) is 3.58. The quantitative estimate of drug-likeness (QED) is 0.502. The van der Waals surface area contributed by atoms with E-state index in [0.717, 1.165) is 61.0 Å². The van der Waals surface area contributed by atoms with E-state index in [2.05, 4.69) is 13.1 Å². The minimum Gasteiger partial charge on any atom is -1.00 e. The average molecular weight is 505 g/mol. The number of halogens is 1. The predicted molar refractivity (Wildman–Crippen MR) is 129 cm³/mol. The number of likely N-dealkylation sites (N-methyl/N-ethyl adjacent to an activating group) is 1. The Morgan fingerprint density at radius 3 is 2.57 bits per heavy atom. The molecule has 0 aromatic heterocycles. The molecule has 1 aromatic carbocycles. The van der Waals surface area contributed by atoms with Gasteiger partial charge in [-0.3, -0.25) is 4.79 Å². The smallest absolute Gasteiger partial charge is 0.252 e. The number of carbonyl (C=O) groups excluding carboxylic acids is 1. The highest BCUT2D eigenvalue weighted by Crippen LogP contribution is 2.75. The van der Waals surface area contributed by atoms with Gasteiger partial charge in [-0.15, -0.1) is 0 Å². The molecule has 6 aliphatic rings. The molecule has 4 saturated carbocycles. The summed E-state index contributed by atoms with van der Waals surface area (Å²) in [5.74, 6) is 0.385. The number of benzene rings is 1. The van der Waals surface area contributed by atoms with Crippen molar-refractivity contribution < 1.29 is 36.6 Å². The Labute approximate surface area is 215 Å². The summed E-state index contributed by atoms with van der Waals surface area (Å²) in [7, 11) is 4.26. The zero-order chi connectivity index (χ0) is 24.3. The number of rotatable bonds is 5. The van der Waals surface area contributed by atoms with Gasteiger partial charge in [-0.2, -0.15) is 0 Å². The van der Waals surface area contributed by atoms with Crippen molar-refractivity contribution in [1.29, 1.82) is 0 Å². The van der Waals surface area contributed by atoms with Crippen molar-refractivity contribution in [1.82, 2.24) is 0 Å². The Balaban J connectivity index is 0.00000253. The normalized spacial score (nSPS) is 41.5. The first-order valence-electron chi connectivity index (χ1n) is 13.2. The van der Waals surface area contributed by atoms with Crippen LogP contribution in [0.25, 0.3) is 0 Å². The van der Waals surface area contributed by atoms with Gasteiger partial charge in [0.2, 0.25) is 0 Å². The number of fused-ring (bicyclic) bond motifs is 3. The third kappa shape index (κ3) is 3.15. The van der Waals surface area contributed by atoms with E-state index in [1.165, 1.54) is 24.9 Å². The highest BCUT2D eigenvalue weighted by molar-refractivity contribution is 5.96. The molecule has 5 fully saturated rings. The van der Waals surface area contributed by atoms with Crippen LogP contribution < -0.4 is 18.1 Å². The summed E-state index contributed by atoms with van der Waals surface area (Å²) in [6.45, 7) is 6.19. The number of carbonyl (C=O) groups is 1. The summed E-state index contributed by atoms with van der Waals surface area (Å²) < 4.78 is 7.44. The topological polar surface area (TPSA) is 92.8 Å². The Morgan fingerprint density at radius 2 is 1.97 bits per heavy atom. The number of hydrogen-bond acceptors (Lipinski definition) is 4. The van der Waals surface area contributed by atoms with Crippen LogP contribution in [0.3, 0.4) is 0 Å². The molecule has 1 spiro atoms. The van der Waals surface area contributed by atoms with Crippen molar-refractivity contribution in [3.8, 4) is 5.75 Å². The largest absolute Gasteiger partial charge is 1.00 e. The Kier molecular flexibility index (Phi) is 5.49. The van der Waals surface area contributed by atoms with E-state index in [1.54, 1.807) is 13.2 Å². The first-order valence-corrected chi connectivity index (χ1v) is 13.2. The maximum absolute atomic E-state index is 12.2. The molecular formula is C28H41ClN2O4. The lowest BCUT2D eigenvalue weighted by atomic mass is 9.34. The van der Waals surface area contributed by atoms with Crippen LogP contribution in [0, 0.1) is 17.3 Å². The number of aromatic hydroxyl groups is 1. The molecule has 7 rings (SSSR count). The summed E-state index contributed by atoms with van der Waals surface area (Å²) in [6.07, 6.45) is 8.22. The van der Waals surface area contributed by atoms with Gasteiger partial charge in [0.1, 0.15) is 5.75 Å². The molecule has 4 unspecified atom stereocenters. The lowest BCUT2D eigenvalue weighted by Gasteiger charge is -2.75. The van der Waals surface area contributed by atoms with Crippen molar-refractivity contribution in [2.45, 2.75) is 87.9 Å². The lowest BCUT2D eigenvalue weighted by Crippen LogP contribution is -3.00. The molecule has 1 aromatic rings. The highest BCUT2D eigenvalue weighted by Gasteiger charge is 2.77. The number of methoxy groups -OCH3 is 1. The molecule has 1 heterocycles. The number of aliphatic hydroxyl groups is 1. The van der Waals surface area contributed by atoms with Gasteiger partial charge in [0.25, 0.3) is 5.91 Å². The zero-order valence-corrected chi connectivity index (χ0v) is 22.3. The second-order valence-corrected chi connectivity index (χ2v) is 13.3. The highest BCUT2D eigenvalue weighted by atomic mass is 35.5. The molecule has 4 bridgehead atoms. The fourth-order valence-corrected chi connectivity index (χ4v) is 9.69. The molecular weight excluding hydrogens is 464 g/mol. The summed E-state index contributed by atoms with van der Waals surface area (Å²) >= 11 is 0. The second-order valence-electron chi connectivity index (χ2n) is 13.3. The summed E-state index contributed by atoms with van der Waals surface area (Å²) in [4.78, 5) is 12.2. The van der Waals surface area contributed by atoms with Crippen LogP contribution in [0.15, 0.2) is 12.1 Å². The third-order valence-electron chi connectivity index (χ3n) is 11.2. The number of nitrogens with two attached hydrogens (primary N) is 1. The van der Waals surface area contributed by atoms with E-state index >= 15 is 0 Å². The zero-order valence-electron chi connectivity index (χ0n) is 21.6. The van der Waals surface area contributed by atoms with E-state index < -0.39 is 17.1 Å². The van der Waals surface area contributed by atoms with Crippen molar-refractivity contribution >= 4 is 5.91 Å². The molecule has 35 heavy (non-hydrogen) atoms. The Morgan fingerprint density at radius 1 is 1.26 bits per heavy atom. The summed E-state index contributed by atoms with van der Waals surface area (Å²) in [6, 6.07) is 4.21. The summed E-state index contributed by atoms with van der Waals surface area (Å²) in [5, 5.41) is 22.9. The van der Waals surface area contributed by atoms with E-state index in [-0.39, 0.29) is 40.5 Å². The third-order valence-corrected chi connectivity index (χ3v) is 11.2. The predicted octanol–water partition coefficient (Wildman–Crippen LogP) is 0.264. The van der Waals surface area contributed by atoms with Crippen LogP contribution in [-0.2, 0) is 16.6 Å². The van der Waals surface area contributed by atoms with Crippen LogP contribution in [0.4, 0.5) is 0 Å².